The van der Waals surface area contributed by atoms with Crippen molar-refractivity contribution in [2.75, 3.05) is 13.1 Å². The monoisotopic (exact) mass is 198 g/mol. The van der Waals surface area contributed by atoms with Crippen LogP contribution in [-0.2, 0) is 0 Å². The molecule has 0 aromatic carbocycles. The number of nitrogens with two attached hydrogens (primary N) is 1. The van der Waals surface area contributed by atoms with E-state index < -0.39 is 0 Å². The molecule has 0 aromatic rings. The van der Waals surface area contributed by atoms with Gasteiger partial charge in [-0.2, -0.15) is 0 Å². The standard InChI is InChI=1S/C12H24N2/c1-10-5-3-6-11(2)14(10)9-12-7-4-8-13-12/h10-13H,3-9H2,1-2H3/p+2/t10-,11+,12-/m1/s1. The van der Waals surface area contributed by atoms with Gasteiger partial charge in [0.25, 0.3) is 0 Å². The molecule has 2 heteroatoms. The molecular formula is C12H26N2+2. The Morgan fingerprint density at radius 2 is 1.79 bits per heavy atom. The van der Waals surface area contributed by atoms with Crippen molar-refractivity contribution < 1.29 is 10.2 Å². The summed E-state index contributed by atoms with van der Waals surface area (Å²) in [6.07, 6.45) is 7.27. The zero-order chi connectivity index (χ0) is 9.97. The highest BCUT2D eigenvalue weighted by Gasteiger charge is 2.32. The first-order valence-corrected chi connectivity index (χ1v) is 6.46. The van der Waals surface area contributed by atoms with Crippen LogP contribution in [0, 0.1) is 0 Å². The van der Waals surface area contributed by atoms with Crippen molar-refractivity contribution in [1.29, 1.82) is 0 Å². The Morgan fingerprint density at radius 3 is 2.36 bits per heavy atom. The maximum Gasteiger partial charge on any atom is 0.136 e. The van der Waals surface area contributed by atoms with Crippen molar-refractivity contribution in [1.82, 2.24) is 0 Å². The molecular weight excluding hydrogens is 172 g/mol. The summed E-state index contributed by atoms with van der Waals surface area (Å²) in [5, 5.41) is 2.57. The van der Waals surface area contributed by atoms with Gasteiger partial charge in [-0.1, -0.05) is 0 Å². The third-order valence-corrected chi connectivity index (χ3v) is 4.32. The van der Waals surface area contributed by atoms with Crippen LogP contribution in [0.15, 0.2) is 0 Å². The Morgan fingerprint density at radius 1 is 1.07 bits per heavy atom. The molecule has 3 N–H and O–H groups in total. The van der Waals surface area contributed by atoms with Crippen molar-refractivity contribution >= 4 is 0 Å². The van der Waals surface area contributed by atoms with Gasteiger partial charge in [-0.3, -0.25) is 0 Å². The molecule has 0 radical (unpaired) electrons. The van der Waals surface area contributed by atoms with E-state index in [-0.39, 0.29) is 0 Å². The number of piperidine rings is 1. The predicted molar refractivity (Wildman–Crippen MR) is 58.4 cm³/mol. The number of nitrogens with one attached hydrogen (secondary N) is 1. The fourth-order valence-corrected chi connectivity index (χ4v) is 3.33. The summed E-state index contributed by atoms with van der Waals surface area (Å²) in [6.45, 7) is 7.68. The van der Waals surface area contributed by atoms with Crippen LogP contribution in [0.3, 0.4) is 0 Å². The van der Waals surface area contributed by atoms with E-state index in [0.717, 1.165) is 18.1 Å². The van der Waals surface area contributed by atoms with Crippen LogP contribution in [0.5, 0.6) is 0 Å². The molecule has 4 atom stereocenters. The maximum atomic E-state index is 2.57. The fraction of sp³-hybridized carbons (Fsp3) is 1.00. The highest BCUT2D eigenvalue weighted by atomic mass is 15.2. The lowest BCUT2D eigenvalue weighted by Gasteiger charge is -2.36. The SMILES string of the molecule is C[C@@H]1CCC[C@H](C)[NH+]1C[C@H]1CCC[NH2+]1. The highest BCUT2D eigenvalue weighted by molar-refractivity contribution is 4.65. The average Bonchev–Trinajstić information content (AvgIpc) is 2.64. The molecule has 2 nitrogen and oxygen atoms in total. The minimum absolute atomic E-state index is 0.910. The Bertz CT molecular complexity index is 165. The zero-order valence-electron chi connectivity index (χ0n) is 9.76. The minimum Gasteiger partial charge on any atom is -0.339 e. The summed E-state index contributed by atoms with van der Waals surface area (Å²) in [5.74, 6) is 0. The number of hydrogen-bond acceptors (Lipinski definition) is 0. The second-order valence-corrected chi connectivity index (χ2v) is 5.44. The van der Waals surface area contributed by atoms with Crippen LogP contribution < -0.4 is 10.2 Å². The first-order chi connectivity index (χ1) is 6.77. The lowest BCUT2D eigenvalue weighted by molar-refractivity contribution is -0.964. The molecule has 0 aliphatic carbocycles. The number of quaternary nitrogens is 2. The van der Waals surface area contributed by atoms with Gasteiger partial charge in [0.05, 0.1) is 18.6 Å². The van der Waals surface area contributed by atoms with Crippen LogP contribution in [0.4, 0.5) is 0 Å². The third kappa shape index (κ3) is 2.29. The van der Waals surface area contributed by atoms with Crippen molar-refractivity contribution in [2.24, 2.45) is 0 Å². The molecule has 0 saturated carbocycles. The topological polar surface area (TPSA) is 21.1 Å². The van der Waals surface area contributed by atoms with Gasteiger partial charge in [-0.05, 0) is 33.1 Å². The van der Waals surface area contributed by atoms with Gasteiger partial charge in [-0.15, -0.1) is 0 Å². The Hall–Kier alpha value is -0.0800. The number of likely N-dealkylation sites (tertiary alicyclic amines) is 1. The highest BCUT2D eigenvalue weighted by Crippen LogP contribution is 2.07. The van der Waals surface area contributed by atoms with Gasteiger partial charge in [0.15, 0.2) is 0 Å². The van der Waals surface area contributed by atoms with Crippen LogP contribution in [0.25, 0.3) is 0 Å². The van der Waals surface area contributed by atoms with E-state index in [1.807, 2.05) is 4.90 Å². The van der Waals surface area contributed by atoms with Gasteiger partial charge < -0.3 is 10.2 Å². The Balaban J connectivity index is 1.86. The summed E-state index contributed by atoms with van der Waals surface area (Å²) < 4.78 is 0. The molecule has 2 rings (SSSR count). The normalized spacial score (nSPS) is 44.1. The molecule has 2 saturated heterocycles. The average molecular weight is 198 g/mol. The predicted octanol–water partition coefficient (Wildman–Crippen LogP) is -0.442. The summed E-state index contributed by atoms with van der Waals surface area (Å²) in [6, 6.07) is 2.76. The second-order valence-electron chi connectivity index (χ2n) is 5.44. The smallest absolute Gasteiger partial charge is 0.136 e. The van der Waals surface area contributed by atoms with Crippen molar-refractivity contribution in [2.45, 2.75) is 64.1 Å². The van der Waals surface area contributed by atoms with Crippen molar-refractivity contribution in [3.63, 3.8) is 0 Å². The molecule has 2 aliphatic rings. The summed E-state index contributed by atoms with van der Waals surface area (Å²) in [5.41, 5.74) is 0. The number of rotatable bonds is 2. The molecule has 0 spiro atoms. The molecule has 2 fully saturated rings. The van der Waals surface area contributed by atoms with Crippen molar-refractivity contribution in [3.8, 4) is 0 Å². The van der Waals surface area contributed by atoms with Crippen LogP contribution in [0.2, 0.25) is 0 Å². The van der Waals surface area contributed by atoms with Gasteiger partial charge in [0.1, 0.15) is 12.6 Å². The van der Waals surface area contributed by atoms with Crippen molar-refractivity contribution in [3.05, 3.63) is 0 Å². The van der Waals surface area contributed by atoms with E-state index in [4.69, 9.17) is 0 Å². The molecule has 82 valence electrons. The third-order valence-electron chi connectivity index (χ3n) is 4.32. The van der Waals surface area contributed by atoms with Gasteiger partial charge in [0.2, 0.25) is 0 Å². The molecule has 2 aliphatic heterocycles. The second kappa shape index (κ2) is 4.63. The van der Waals surface area contributed by atoms with E-state index in [1.165, 1.54) is 45.2 Å². The van der Waals surface area contributed by atoms with Gasteiger partial charge in [-0.25, -0.2) is 0 Å². The molecule has 1 unspecified atom stereocenters. The van der Waals surface area contributed by atoms with E-state index in [1.54, 1.807) is 0 Å². The lowest BCUT2D eigenvalue weighted by Crippen LogP contribution is -3.22. The molecule has 0 amide bonds. The minimum atomic E-state index is 0.910. The van der Waals surface area contributed by atoms with Crippen LogP contribution >= 0.6 is 0 Å². The Labute approximate surface area is 88.1 Å². The van der Waals surface area contributed by atoms with Crippen LogP contribution in [0.1, 0.15) is 46.0 Å². The largest absolute Gasteiger partial charge is 0.339 e. The lowest BCUT2D eigenvalue weighted by atomic mass is 9.96. The summed E-state index contributed by atoms with van der Waals surface area (Å²) in [7, 11) is 0. The van der Waals surface area contributed by atoms with E-state index in [0.29, 0.717) is 0 Å². The Kier molecular flexibility index (Phi) is 3.45. The van der Waals surface area contributed by atoms with E-state index >= 15 is 0 Å². The fourth-order valence-electron chi connectivity index (χ4n) is 3.33. The molecule has 14 heavy (non-hydrogen) atoms. The first kappa shape index (κ1) is 10.4. The van der Waals surface area contributed by atoms with E-state index in [9.17, 15) is 0 Å². The maximum absolute atomic E-state index is 2.57. The summed E-state index contributed by atoms with van der Waals surface area (Å²) >= 11 is 0. The molecule has 0 bridgehead atoms. The zero-order valence-corrected chi connectivity index (χ0v) is 9.76. The summed E-state index contributed by atoms with van der Waals surface area (Å²) in [4.78, 5) is 1.89. The van der Waals surface area contributed by atoms with E-state index in [2.05, 4.69) is 19.2 Å². The van der Waals surface area contributed by atoms with Gasteiger partial charge >= 0.3 is 0 Å². The van der Waals surface area contributed by atoms with Crippen LogP contribution in [-0.4, -0.2) is 31.2 Å². The quantitative estimate of drug-likeness (QED) is 0.600. The molecule has 2 heterocycles. The number of hydrogen-bond donors (Lipinski definition) is 2. The first-order valence-electron chi connectivity index (χ1n) is 6.46. The molecule has 0 aromatic heterocycles. The van der Waals surface area contributed by atoms with Gasteiger partial charge in [0, 0.05) is 12.8 Å².